The average molecular weight is 319 g/mol. The van der Waals surface area contributed by atoms with E-state index < -0.39 is 0 Å². The van der Waals surface area contributed by atoms with E-state index in [-0.39, 0.29) is 17.6 Å². The summed E-state index contributed by atoms with van der Waals surface area (Å²) >= 11 is 0. The van der Waals surface area contributed by atoms with Gasteiger partial charge in [0.2, 0.25) is 0 Å². The summed E-state index contributed by atoms with van der Waals surface area (Å²) in [5, 5.41) is 15.2. The second kappa shape index (κ2) is 7.79. The van der Waals surface area contributed by atoms with E-state index in [1.165, 1.54) is 5.56 Å². The number of anilines is 1. The molecule has 0 atom stereocenters. The third-order valence-electron chi connectivity index (χ3n) is 4.28. The lowest BCUT2D eigenvalue weighted by atomic mass is 9.87. The number of nitrogens with one attached hydrogen (secondary N) is 2. The first kappa shape index (κ1) is 17.8. The summed E-state index contributed by atoms with van der Waals surface area (Å²) in [5.74, 6) is 0. The van der Waals surface area contributed by atoms with Crippen LogP contribution in [0.3, 0.4) is 0 Å². The molecular formula is C18H29N3O2. The molecular weight excluding hydrogens is 290 g/mol. The maximum Gasteiger partial charge on any atom is 0.319 e. The number of hydrogen-bond donors (Lipinski definition) is 3. The van der Waals surface area contributed by atoms with Gasteiger partial charge in [-0.25, -0.2) is 4.79 Å². The fraction of sp³-hybridized carbons (Fsp3) is 0.611. The first-order valence-corrected chi connectivity index (χ1v) is 8.40. The number of aliphatic hydroxyl groups excluding tert-OH is 1. The molecule has 23 heavy (non-hydrogen) atoms. The van der Waals surface area contributed by atoms with Gasteiger partial charge in [0, 0.05) is 31.9 Å². The standard InChI is InChI=1S/C18H29N3O2/c1-18(2,3)14-4-6-15(7-5-14)20-17(23)19-10-13-21-11-8-16(22)9-12-21/h4-7,16,22H,8-13H2,1-3H3,(H2,19,20,23). The Kier molecular flexibility index (Phi) is 6.02. The van der Waals surface area contributed by atoms with Crippen LogP contribution in [0.25, 0.3) is 0 Å². The predicted molar refractivity (Wildman–Crippen MR) is 93.8 cm³/mol. The number of piperidine rings is 1. The average Bonchev–Trinajstić information content (AvgIpc) is 2.49. The summed E-state index contributed by atoms with van der Waals surface area (Å²) in [6.45, 7) is 9.74. The molecule has 3 N–H and O–H groups in total. The molecule has 1 saturated heterocycles. The zero-order valence-corrected chi connectivity index (χ0v) is 14.4. The van der Waals surface area contributed by atoms with Crippen LogP contribution in [0, 0.1) is 0 Å². The maximum atomic E-state index is 11.9. The van der Waals surface area contributed by atoms with Crippen molar-refractivity contribution in [2.75, 3.05) is 31.5 Å². The van der Waals surface area contributed by atoms with Gasteiger partial charge in [0.15, 0.2) is 0 Å². The van der Waals surface area contributed by atoms with Crippen molar-refractivity contribution in [3.63, 3.8) is 0 Å². The van der Waals surface area contributed by atoms with Crippen LogP contribution in [0.15, 0.2) is 24.3 Å². The Labute approximate surface area is 139 Å². The molecule has 128 valence electrons. The van der Waals surface area contributed by atoms with Crippen LogP contribution in [-0.4, -0.2) is 48.3 Å². The summed E-state index contributed by atoms with van der Waals surface area (Å²) in [6, 6.07) is 7.80. The minimum atomic E-state index is -0.175. The SMILES string of the molecule is CC(C)(C)c1ccc(NC(=O)NCCN2CCC(O)CC2)cc1. The van der Waals surface area contributed by atoms with Gasteiger partial charge in [0.1, 0.15) is 0 Å². The lowest BCUT2D eigenvalue weighted by molar-refractivity contribution is 0.0833. The molecule has 2 amide bonds. The van der Waals surface area contributed by atoms with Crippen molar-refractivity contribution in [3.05, 3.63) is 29.8 Å². The molecule has 1 aliphatic heterocycles. The third-order valence-corrected chi connectivity index (χ3v) is 4.28. The van der Waals surface area contributed by atoms with Gasteiger partial charge in [-0.1, -0.05) is 32.9 Å². The van der Waals surface area contributed by atoms with E-state index in [1.807, 2.05) is 12.1 Å². The van der Waals surface area contributed by atoms with Crippen molar-refractivity contribution in [3.8, 4) is 0 Å². The Hall–Kier alpha value is -1.59. The van der Waals surface area contributed by atoms with Crippen LogP contribution < -0.4 is 10.6 Å². The van der Waals surface area contributed by atoms with E-state index in [9.17, 15) is 9.90 Å². The van der Waals surface area contributed by atoms with Crippen LogP contribution in [0.4, 0.5) is 10.5 Å². The van der Waals surface area contributed by atoms with Crippen molar-refractivity contribution in [2.45, 2.75) is 45.1 Å². The van der Waals surface area contributed by atoms with Crippen LogP contribution in [0.2, 0.25) is 0 Å². The molecule has 0 unspecified atom stereocenters. The van der Waals surface area contributed by atoms with E-state index >= 15 is 0 Å². The lowest BCUT2D eigenvalue weighted by Crippen LogP contribution is -2.41. The van der Waals surface area contributed by atoms with Gasteiger partial charge >= 0.3 is 6.03 Å². The lowest BCUT2D eigenvalue weighted by Gasteiger charge is -2.29. The number of carbonyl (C=O) groups excluding carboxylic acids is 1. The van der Waals surface area contributed by atoms with E-state index in [0.717, 1.165) is 38.2 Å². The Morgan fingerprint density at radius 1 is 1.22 bits per heavy atom. The summed E-state index contributed by atoms with van der Waals surface area (Å²) < 4.78 is 0. The van der Waals surface area contributed by atoms with Gasteiger partial charge < -0.3 is 20.6 Å². The highest BCUT2D eigenvalue weighted by atomic mass is 16.3. The second-order valence-electron chi connectivity index (χ2n) is 7.28. The van der Waals surface area contributed by atoms with Crippen LogP contribution in [0.5, 0.6) is 0 Å². The predicted octanol–water partition coefficient (Wildman–Crippen LogP) is 2.56. The van der Waals surface area contributed by atoms with Gasteiger partial charge in [0.25, 0.3) is 0 Å². The number of benzene rings is 1. The van der Waals surface area contributed by atoms with Crippen molar-refractivity contribution < 1.29 is 9.90 Å². The van der Waals surface area contributed by atoms with E-state index in [4.69, 9.17) is 0 Å². The molecule has 2 rings (SSSR count). The molecule has 0 radical (unpaired) electrons. The molecule has 0 aromatic heterocycles. The summed E-state index contributed by atoms with van der Waals surface area (Å²) in [5.41, 5.74) is 2.16. The second-order valence-corrected chi connectivity index (χ2v) is 7.28. The van der Waals surface area contributed by atoms with Crippen molar-refractivity contribution in [1.29, 1.82) is 0 Å². The molecule has 0 saturated carbocycles. The number of carbonyl (C=O) groups is 1. The molecule has 5 heteroatoms. The molecule has 1 aliphatic rings. The number of hydrogen-bond acceptors (Lipinski definition) is 3. The minimum absolute atomic E-state index is 0.114. The first-order valence-electron chi connectivity index (χ1n) is 8.40. The molecule has 1 heterocycles. The Balaban J connectivity index is 1.70. The molecule has 1 aromatic carbocycles. The number of nitrogens with zero attached hydrogens (tertiary/aromatic N) is 1. The summed E-state index contributed by atoms with van der Waals surface area (Å²) in [6.07, 6.45) is 1.50. The Morgan fingerprint density at radius 2 is 1.83 bits per heavy atom. The van der Waals surface area contributed by atoms with Crippen molar-refractivity contribution >= 4 is 11.7 Å². The fourth-order valence-corrected chi connectivity index (χ4v) is 2.70. The quantitative estimate of drug-likeness (QED) is 0.799. The van der Waals surface area contributed by atoms with Crippen molar-refractivity contribution in [1.82, 2.24) is 10.2 Å². The van der Waals surface area contributed by atoms with Gasteiger partial charge in [-0.2, -0.15) is 0 Å². The van der Waals surface area contributed by atoms with Gasteiger partial charge in [-0.3, -0.25) is 0 Å². The largest absolute Gasteiger partial charge is 0.393 e. The minimum Gasteiger partial charge on any atom is -0.393 e. The number of rotatable bonds is 4. The molecule has 5 nitrogen and oxygen atoms in total. The molecule has 1 aromatic rings. The Morgan fingerprint density at radius 3 is 2.39 bits per heavy atom. The third kappa shape index (κ3) is 5.84. The zero-order valence-electron chi connectivity index (χ0n) is 14.4. The summed E-state index contributed by atoms with van der Waals surface area (Å²) in [4.78, 5) is 14.2. The highest BCUT2D eigenvalue weighted by Crippen LogP contribution is 2.23. The van der Waals surface area contributed by atoms with Crippen molar-refractivity contribution in [2.24, 2.45) is 0 Å². The number of urea groups is 1. The van der Waals surface area contributed by atoms with Crippen LogP contribution in [-0.2, 0) is 5.41 Å². The number of amides is 2. The zero-order chi connectivity index (χ0) is 16.9. The molecule has 1 fully saturated rings. The number of aliphatic hydroxyl groups is 1. The maximum absolute atomic E-state index is 11.9. The van der Waals surface area contributed by atoms with Gasteiger partial charge in [-0.15, -0.1) is 0 Å². The van der Waals surface area contributed by atoms with E-state index in [0.29, 0.717) is 6.54 Å². The smallest absolute Gasteiger partial charge is 0.319 e. The Bertz CT molecular complexity index is 500. The van der Waals surface area contributed by atoms with Gasteiger partial charge in [0.05, 0.1) is 6.10 Å². The number of likely N-dealkylation sites (tertiary alicyclic amines) is 1. The summed E-state index contributed by atoms with van der Waals surface area (Å²) in [7, 11) is 0. The molecule has 0 aliphatic carbocycles. The monoisotopic (exact) mass is 319 g/mol. The highest BCUT2D eigenvalue weighted by Gasteiger charge is 2.16. The molecule has 0 spiro atoms. The van der Waals surface area contributed by atoms with E-state index in [1.54, 1.807) is 0 Å². The molecule has 0 bridgehead atoms. The fourth-order valence-electron chi connectivity index (χ4n) is 2.70. The van der Waals surface area contributed by atoms with Crippen LogP contribution >= 0.6 is 0 Å². The first-order chi connectivity index (χ1) is 10.8. The normalized spacial score (nSPS) is 17.0. The highest BCUT2D eigenvalue weighted by molar-refractivity contribution is 5.89. The van der Waals surface area contributed by atoms with Crippen LogP contribution in [0.1, 0.15) is 39.2 Å². The van der Waals surface area contributed by atoms with E-state index in [2.05, 4.69) is 48.4 Å². The topological polar surface area (TPSA) is 64.6 Å². The van der Waals surface area contributed by atoms with Gasteiger partial charge in [-0.05, 0) is 36.0 Å².